The lowest BCUT2D eigenvalue weighted by Gasteiger charge is -2.31. The lowest BCUT2D eigenvalue weighted by Crippen LogP contribution is -2.37. The van der Waals surface area contributed by atoms with Crippen molar-refractivity contribution in [1.29, 1.82) is 0 Å². The lowest BCUT2D eigenvalue weighted by molar-refractivity contribution is -0.132. The molecule has 1 atom stereocenters. The third kappa shape index (κ3) is 3.31. The van der Waals surface area contributed by atoms with Crippen LogP contribution in [0.5, 0.6) is 0 Å². The molecule has 0 unspecified atom stereocenters. The van der Waals surface area contributed by atoms with Crippen molar-refractivity contribution in [2.24, 2.45) is 0 Å². The Morgan fingerprint density at radius 1 is 1.18 bits per heavy atom. The van der Waals surface area contributed by atoms with Crippen molar-refractivity contribution in [3.63, 3.8) is 0 Å². The molecule has 28 heavy (non-hydrogen) atoms. The number of piperidine rings is 1. The van der Waals surface area contributed by atoms with Crippen LogP contribution < -0.4 is 0 Å². The Morgan fingerprint density at radius 2 is 1.93 bits per heavy atom. The maximum absolute atomic E-state index is 11.8. The van der Waals surface area contributed by atoms with E-state index in [4.69, 9.17) is 9.15 Å². The summed E-state index contributed by atoms with van der Waals surface area (Å²) in [6, 6.07) is 11.0. The van der Waals surface area contributed by atoms with Gasteiger partial charge < -0.3 is 18.6 Å². The van der Waals surface area contributed by atoms with Gasteiger partial charge in [0.15, 0.2) is 11.6 Å². The topological polar surface area (TPSA) is 77.6 Å². The Labute approximate surface area is 162 Å². The van der Waals surface area contributed by atoms with Gasteiger partial charge in [-0.25, -0.2) is 9.78 Å². The molecular formula is C21H21N3O4. The van der Waals surface area contributed by atoms with E-state index in [1.54, 1.807) is 23.2 Å². The Bertz CT molecular complexity index is 1000. The summed E-state index contributed by atoms with van der Waals surface area (Å²) in [5, 5.41) is 0. The Balaban J connectivity index is 1.58. The smallest absolute Gasteiger partial charge is 0.337 e. The van der Waals surface area contributed by atoms with E-state index in [0.717, 1.165) is 17.8 Å². The molecule has 7 heteroatoms. The monoisotopic (exact) mass is 379 g/mol. The molecule has 1 aromatic carbocycles. The number of benzene rings is 1. The number of furan rings is 1. The van der Waals surface area contributed by atoms with E-state index in [1.807, 2.05) is 37.5 Å². The number of hydrogen-bond donors (Lipinski definition) is 0. The molecule has 3 aromatic rings. The van der Waals surface area contributed by atoms with Crippen LogP contribution in [0.4, 0.5) is 0 Å². The summed E-state index contributed by atoms with van der Waals surface area (Å²) < 4.78 is 12.8. The number of carbonyl (C=O) groups excluding carboxylic acids is 2. The van der Waals surface area contributed by atoms with Crippen molar-refractivity contribution in [1.82, 2.24) is 14.5 Å². The van der Waals surface area contributed by atoms with Crippen LogP contribution in [-0.4, -0.2) is 47.0 Å². The van der Waals surface area contributed by atoms with Crippen LogP contribution in [0.25, 0.3) is 22.9 Å². The number of methoxy groups -OCH3 is 1. The molecule has 1 aliphatic rings. The molecule has 3 heterocycles. The van der Waals surface area contributed by atoms with Crippen molar-refractivity contribution in [2.45, 2.75) is 18.9 Å². The second-order valence-corrected chi connectivity index (χ2v) is 6.86. The van der Waals surface area contributed by atoms with Crippen molar-refractivity contribution in [3.05, 3.63) is 54.4 Å². The Hall–Kier alpha value is -3.35. The van der Waals surface area contributed by atoms with Gasteiger partial charge in [0, 0.05) is 38.0 Å². The van der Waals surface area contributed by atoms with E-state index in [2.05, 4.69) is 9.55 Å². The molecule has 0 N–H and O–H groups in total. The number of aromatic nitrogens is 2. The predicted octanol–water partition coefficient (Wildman–Crippen LogP) is 3.39. The number of carbonyl (C=O) groups is 2. The van der Waals surface area contributed by atoms with Crippen molar-refractivity contribution >= 4 is 11.9 Å². The van der Waals surface area contributed by atoms with Crippen LogP contribution in [-0.2, 0) is 9.53 Å². The number of hydrogen-bond acceptors (Lipinski definition) is 5. The highest BCUT2D eigenvalue weighted by molar-refractivity contribution is 5.89. The van der Waals surface area contributed by atoms with E-state index >= 15 is 0 Å². The van der Waals surface area contributed by atoms with Gasteiger partial charge in [-0.15, -0.1) is 0 Å². The Kier molecular flexibility index (Phi) is 4.73. The fourth-order valence-electron chi connectivity index (χ4n) is 3.52. The summed E-state index contributed by atoms with van der Waals surface area (Å²) >= 11 is 0. The summed E-state index contributed by atoms with van der Waals surface area (Å²) in [6.07, 6.45) is 5.00. The van der Waals surface area contributed by atoms with Crippen LogP contribution in [0.15, 0.2) is 53.2 Å². The van der Waals surface area contributed by atoms with Crippen LogP contribution in [0.3, 0.4) is 0 Å². The first-order chi connectivity index (χ1) is 13.6. The van der Waals surface area contributed by atoms with Gasteiger partial charge in [0.05, 0.1) is 18.7 Å². The first kappa shape index (κ1) is 18.0. The zero-order chi connectivity index (χ0) is 19.7. The van der Waals surface area contributed by atoms with Crippen LogP contribution >= 0.6 is 0 Å². The fraction of sp³-hybridized carbons (Fsp3) is 0.286. The standard InChI is InChI=1S/C21H21N3O4/c1-23-13-16(7-10-19(23)25)24-12-11-22-20(24)18-9-8-17(28-18)14-3-5-15(6-4-14)21(26)27-2/h3-6,8-9,11-12,16H,7,10,13H2,1-2H3/t16-/m0/s1. The largest absolute Gasteiger partial charge is 0.465 e. The molecule has 0 aliphatic carbocycles. The molecule has 0 spiro atoms. The second kappa shape index (κ2) is 7.34. The number of imidazole rings is 1. The van der Waals surface area contributed by atoms with Crippen molar-refractivity contribution < 1.29 is 18.7 Å². The SMILES string of the molecule is COC(=O)c1ccc(-c2ccc(-c3nccn3[C@H]3CCC(=O)N(C)C3)o2)cc1. The normalized spacial score (nSPS) is 17.0. The minimum absolute atomic E-state index is 0.174. The molecule has 1 amide bonds. The molecule has 1 saturated heterocycles. The minimum Gasteiger partial charge on any atom is -0.465 e. The van der Waals surface area contributed by atoms with Gasteiger partial charge in [0.1, 0.15) is 5.76 Å². The van der Waals surface area contributed by atoms with Gasteiger partial charge in [-0.05, 0) is 30.7 Å². The average Bonchev–Trinajstić information content (AvgIpc) is 3.39. The fourth-order valence-corrected chi connectivity index (χ4v) is 3.52. The van der Waals surface area contributed by atoms with E-state index < -0.39 is 0 Å². The minimum atomic E-state index is -0.371. The predicted molar refractivity (Wildman–Crippen MR) is 103 cm³/mol. The maximum atomic E-state index is 11.8. The highest BCUT2D eigenvalue weighted by Crippen LogP contribution is 2.31. The van der Waals surface area contributed by atoms with Gasteiger partial charge in [-0.3, -0.25) is 4.79 Å². The van der Waals surface area contributed by atoms with Gasteiger partial charge in [0.25, 0.3) is 0 Å². The number of esters is 1. The molecule has 1 aliphatic heterocycles. The molecule has 0 bridgehead atoms. The second-order valence-electron chi connectivity index (χ2n) is 6.86. The first-order valence-corrected chi connectivity index (χ1v) is 9.12. The third-order valence-electron chi connectivity index (χ3n) is 5.08. The van der Waals surface area contributed by atoms with E-state index in [1.165, 1.54) is 7.11 Å². The Morgan fingerprint density at radius 3 is 2.64 bits per heavy atom. The zero-order valence-electron chi connectivity index (χ0n) is 15.8. The molecule has 1 fully saturated rings. The van der Waals surface area contributed by atoms with Crippen molar-refractivity contribution in [2.75, 3.05) is 20.7 Å². The van der Waals surface area contributed by atoms with Crippen LogP contribution in [0.2, 0.25) is 0 Å². The third-order valence-corrected chi connectivity index (χ3v) is 5.08. The number of likely N-dealkylation sites (tertiary alicyclic amines) is 1. The molecule has 0 radical (unpaired) electrons. The number of rotatable bonds is 4. The summed E-state index contributed by atoms with van der Waals surface area (Å²) in [5.74, 6) is 1.90. The van der Waals surface area contributed by atoms with Crippen molar-refractivity contribution in [3.8, 4) is 22.9 Å². The van der Waals surface area contributed by atoms with Crippen LogP contribution in [0.1, 0.15) is 29.2 Å². The van der Waals surface area contributed by atoms with Gasteiger partial charge in [-0.1, -0.05) is 12.1 Å². The molecule has 0 saturated carbocycles. The van der Waals surface area contributed by atoms with Gasteiger partial charge >= 0.3 is 5.97 Å². The van der Waals surface area contributed by atoms with E-state index in [0.29, 0.717) is 30.0 Å². The summed E-state index contributed by atoms with van der Waals surface area (Å²) in [7, 11) is 3.19. The lowest BCUT2D eigenvalue weighted by atomic mass is 10.1. The summed E-state index contributed by atoms with van der Waals surface area (Å²) in [5.41, 5.74) is 1.35. The number of amides is 1. The zero-order valence-corrected chi connectivity index (χ0v) is 15.8. The molecule has 7 nitrogen and oxygen atoms in total. The van der Waals surface area contributed by atoms with Gasteiger partial charge in [0.2, 0.25) is 5.91 Å². The highest BCUT2D eigenvalue weighted by atomic mass is 16.5. The van der Waals surface area contributed by atoms with Gasteiger partial charge in [-0.2, -0.15) is 0 Å². The molecule has 4 rings (SSSR count). The molecule has 2 aromatic heterocycles. The molecule has 144 valence electrons. The number of ether oxygens (including phenoxy) is 1. The first-order valence-electron chi connectivity index (χ1n) is 9.12. The summed E-state index contributed by atoms with van der Waals surface area (Å²) in [4.78, 5) is 29.6. The quantitative estimate of drug-likeness (QED) is 0.650. The average molecular weight is 379 g/mol. The highest BCUT2D eigenvalue weighted by Gasteiger charge is 2.26. The van der Waals surface area contributed by atoms with E-state index in [-0.39, 0.29) is 17.9 Å². The summed E-state index contributed by atoms with van der Waals surface area (Å²) in [6.45, 7) is 0.657. The number of likely N-dealkylation sites (N-methyl/N-ethyl adjacent to an activating group) is 1. The number of nitrogens with zero attached hydrogens (tertiary/aromatic N) is 3. The molecular weight excluding hydrogens is 358 g/mol. The maximum Gasteiger partial charge on any atom is 0.337 e. The van der Waals surface area contributed by atoms with E-state index in [9.17, 15) is 9.59 Å². The van der Waals surface area contributed by atoms with Crippen LogP contribution in [0, 0.1) is 0 Å².